The molecule has 68 valence electrons. The summed E-state index contributed by atoms with van der Waals surface area (Å²) in [6, 6.07) is 3.55. The van der Waals surface area contributed by atoms with Gasteiger partial charge in [0.2, 0.25) is 0 Å². The molecular formula is C8H8ClN3O. The third kappa shape index (κ3) is 1.28. The summed E-state index contributed by atoms with van der Waals surface area (Å²) in [6.45, 7) is 1.62. The van der Waals surface area contributed by atoms with Gasteiger partial charge in [0.05, 0.1) is 6.10 Å². The molecule has 0 bridgehead atoms. The minimum atomic E-state index is -0.672. The zero-order chi connectivity index (χ0) is 9.42. The van der Waals surface area contributed by atoms with Crippen LogP contribution in [-0.4, -0.2) is 19.7 Å². The number of nitrogens with zero attached hydrogens (tertiary/aromatic N) is 3. The van der Waals surface area contributed by atoms with Crippen LogP contribution in [0.4, 0.5) is 0 Å². The molecule has 2 rings (SSSR count). The quantitative estimate of drug-likeness (QED) is 0.753. The lowest BCUT2D eigenvalue weighted by Crippen LogP contribution is -1.92. The van der Waals surface area contributed by atoms with Crippen LogP contribution in [0.1, 0.15) is 18.7 Å². The van der Waals surface area contributed by atoms with Gasteiger partial charge in [0.1, 0.15) is 5.69 Å². The minimum absolute atomic E-state index is 0.366. The fraction of sp³-hybridized carbons (Fsp3) is 0.250. The van der Waals surface area contributed by atoms with Crippen molar-refractivity contribution in [2.75, 3.05) is 0 Å². The molecule has 1 atom stereocenters. The van der Waals surface area contributed by atoms with Crippen molar-refractivity contribution in [1.82, 2.24) is 14.6 Å². The van der Waals surface area contributed by atoms with Gasteiger partial charge in [0.25, 0.3) is 0 Å². The Morgan fingerprint density at radius 3 is 3.00 bits per heavy atom. The minimum Gasteiger partial charge on any atom is -0.387 e. The fourth-order valence-electron chi connectivity index (χ4n) is 1.14. The van der Waals surface area contributed by atoms with E-state index in [-0.39, 0.29) is 0 Å². The zero-order valence-electron chi connectivity index (χ0n) is 6.98. The van der Waals surface area contributed by atoms with E-state index in [4.69, 9.17) is 11.6 Å². The predicted octanol–water partition coefficient (Wildman–Crippen LogP) is 1.44. The molecular weight excluding hydrogens is 190 g/mol. The average molecular weight is 198 g/mol. The lowest BCUT2D eigenvalue weighted by atomic mass is 10.3. The van der Waals surface area contributed by atoms with Crippen LogP contribution < -0.4 is 0 Å². The molecule has 0 spiro atoms. The van der Waals surface area contributed by atoms with Crippen molar-refractivity contribution in [3.8, 4) is 0 Å². The maximum absolute atomic E-state index is 9.32. The molecule has 4 nitrogen and oxygen atoms in total. The third-order valence-electron chi connectivity index (χ3n) is 1.76. The number of fused-ring (bicyclic) bond motifs is 1. The van der Waals surface area contributed by atoms with Crippen molar-refractivity contribution in [3.05, 3.63) is 29.2 Å². The SMILES string of the molecule is CC(O)c1nc2cccnn2c1Cl. The summed E-state index contributed by atoms with van der Waals surface area (Å²) in [7, 11) is 0. The fourth-order valence-corrected chi connectivity index (χ4v) is 1.47. The highest BCUT2D eigenvalue weighted by molar-refractivity contribution is 6.30. The first kappa shape index (κ1) is 8.47. The number of imidazole rings is 1. The molecule has 0 aliphatic carbocycles. The largest absolute Gasteiger partial charge is 0.387 e. The summed E-state index contributed by atoms with van der Waals surface area (Å²) in [5.41, 5.74) is 1.10. The monoisotopic (exact) mass is 197 g/mol. The maximum Gasteiger partial charge on any atom is 0.157 e. The van der Waals surface area contributed by atoms with E-state index in [1.54, 1.807) is 25.3 Å². The van der Waals surface area contributed by atoms with Crippen LogP contribution in [0.2, 0.25) is 5.15 Å². The van der Waals surface area contributed by atoms with Gasteiger partial charge in [0, 0.05) is 6.20 Å². The normalized spacial score (nSPS) is 13.5. The summed E-state index contributed by atoms with van der Waals surface area (Å²) < 4.78 is 1.49. The van der Waals surface area contributed by atoms with Gasteiger partial charge in [0.15, 0.2) is 10.8 Å². The number of aliphatic hydroxyl groups is 1. The van der Waals surface area contributed by atoms with Crippen molar-refractivity contribution < 1.29 is 5.11 Å². The number of aliphatic hydroxyl groups excluding tert-OH is 1. The molecule has 2 heterocycles. The van der Waals surface area contributed by atoms with Gasteiger partial charge in [-0.05, 0) is 19.1 Å². The molecule has 2 aromatic heterocycles. The molecule has 2 aromatic rings. The molecule has 0 aliphatic heterocycles. The summed E-state index contributed by atoms with van der Waals surface area (Å²) in [5.74, 6) is 0. The van der Waals surface area contributed by atoms with Gasteiger partial charge in [-0.1, -0.05) is 11.6 Å². The number of hydrogen-bond donors (Lipinski definition) is 1. The maximum atomic E-state index is 9.32. The molecule has 1 unspecified atom stereocenters. The van der Waals surface area contributed by atoms with E-state index < -0.39 is 6.10 Å². The van der Waals surface area contributed by atoms with Gasteiger partial charge in [-0.2, -0.15) is 5.10 Å². The van der Waals surface area contributed by atoms with Gasteiger partial charge >= 0.3 is 0 Å². The molecule has 0 aromatic carbocycles. The second-order valence-corrected chi connectivity index (χ2v) is 3.12. The summed E-state index contributed by atoms with van der Waals surface area (Å²) in [6.07, 6.45) is 0.945. The first-order chi connectivity index (χ1) is 6.20. The van der Waals surface area contributed by atoms with E-state index in [2.05, 4.69) is 10.1 Å². The smallest absolute Gasteiger partial charge is 0.157 e. The van der Waals surface area contributed by atoms with Crippen molar-refractivity contribution in [2.24, 2.45) is 0 Å². The number of halogens is 1. The number of hydrogen-bond acceptors (Lipinski definition) is 3. The Labute approximate surface area is 79.8 Å². The molecule has 0 saturated heterocycles. The van der Waals surface area contributed by atoms with Gasteiger partial charge in [-0.3, -0.25) is 0 Å². The van der Waals surface area contributed by atoms with E-state index in [1.165, 1.54) is 4.52 Å². The van der Waals surface area contributed by atoms with Crippen LogP contribution in [0.15, 0.2) is 18.3 Å². The molecule has 5 heteroatoms. The number of aromatic nitrogens is 3. The lowest BCUT2D eigenvalue weighted by Gasteiger charge is -1.97. The zero-order valence-corrected chi connectivity index (χ0v) is 7.73. The lowest BCUT2D eigenvalue weighted by molar-refractivity contribution is 0.195. The van der Waals surface area contributed by atoms with Crippen LogP contribution in [0, 0.1) is 0 Å². The summed E-state index contributed by atoms with van der Waals surface area (Å²) in [5, 5.41) is 13.7. The first-order valence-electron chi connectivity index (χ1n) is 3.87. The van der Waals surface area contributed by atoms with E-state index in [0.29, 0.717) is 16.5 Å². The second kappa shape index (κ2) is 2.97. The Bertz CT molecular complexity index is 438. The van der Waals surface area contributed by atoms with Gasteiger partial charge in [-0.25, -0.2) is 9.50 Å². The van der Waals surface area contributed by atoms with Crippen molar-refractivity contribution in [1.29, 1.82) is 0 Å². The van der Waals surface area contributed by atoms with E-state index in [1.807, 2.05) is 0 Å². The Hall–Kier alpha value is -1.13. The molecule has 1 N–H and O–H groups in total. The molecule has 0 aliphatic rings. The highest BCUT2D eigenvalue weighted by Gasteiger charge is 2.14. The van der Waals surface area contributed by atoms with Crippen LogP contribution in [-0.2, 0) is 0 Å². The summed E-state index contributed by atoms with van der Waals surface area (Å²) in [4.78, 5) is 4.13. The molecule has 0 radical (unpaired) electrons. The molecule has 0 amide bonds. The highest BCUT2D eigenvalue weighted by Crippen LogP contribution is 2.22. The molecule has 0 fully saturated rings. The van der Waals surface area contributed by atoms with Crippen molar-refractivity contribution in [2.45, 2.75) is 13.0 Å². The van der Waals surface area contributed by atoms with Crippen LogP contribution >= 0.6 is 11.6 Å². The van der Waals surface area contributed by atoms with E-state index >= 15 is 0 Å². The topological polar surface area (TPSA) is 50.4 Å². The van der Waals surface area contributed by atoms with Crippen LogP contribution in [0.3, 0.4) is 0 Å². The van der Waals surface area contributed by atoms with Crippen LogP contribution in [0.5, 0.6) is 0 Å². The average Bonchev–Trinajstić information content (AvgIpc) is 2.45. The number of rotatable bonds is 1. The summed E-state index contributed by atoms with van der Waals surface area (Å²) >= 11 is 5.93. The molecule has 0 saturated carbocycles. The Morgan fingerprint density at radius 1 is 1.62 bits per heavy atom. The van der Waals surface area contributed by atoms with E-state index in [9.17, 15) is 5.11 Å². The van der Waals surface area contributed by atoms with Gasteiger partial charge < -0.3 is 5.11 Å². The Kier molecular flexibility index (Phi) is 1.94. The highest BCUT2D eigenvalue weighted by atomic mass is 35.5. The standard InChI is InChI=1S/C8H8ClN3O/c1-5(13)7-8(9)12-6(11-7)3-2-4-10-12/h2-5,13H,1H3. The predicted molar refractivity (Wildman–Crippen MR) is 48.6 cm³/mol. The van der Waals surface area contributed by atoms with Crippen molar-refractivity contribution >= 4 is 17.2 Å². The van der Waals surface area contributed by atoms with E-state index in [0.717, 1.165) is 0 Å². The van der Waals surface area contributed by atoms with Crippen LogP contribution in [0.25, 0.3) is 5.65 Å². The third-order valence-corrected chi connectivity index (χ3v) is 2.11. The Balaban J connectivity index is 2.74. The first-order valence-corrected chi connectivity index (χ1v) is 4.25. The second-order valence-electron chi connectivity index (χ2n) is 2.76. The molecule has 13 heavy (non-hydrogen) atoms. The Morgan fingerprint density at radius 2 is 2.38 bits per heavy atom. The van der Waals surface area contributed by atoms with Gasteiger partial charge in [-0.15, -0.1) is 0 Å². The van der Waals surface area contributed by atoms with Crippen molar-refractivity contribution in [3.63, 3.8) is 0 Å².